The molecule has 0 spiro atoms. The molecule has 2 amide bonds. The van der Waals surface area contributed by atoms with Gasteiger partial charge >= 0.3 is 0 Å². The third-order valence-corrected chi connectivity index (χ3v) is 4.39. The molecule has 2 aromatic carbocycles. The Kier molecular flexibility index (Phi) is 4.57. The molecule has 0 unspecified atom stereocenters. The second-order valence-corrected chi connectivity index (χ2v) is 6.70. The van der Waals surface area contributed by atoms with Gasteiger partial charge in [0.2, 0.25) is 5.91 Å². The molecule has 0 saturated heterocycles. The minimum atomic E-state index is -0.168. The molecule has 0 radical (unpaired) electrons. The number of thiazole rings is 1. The van der Waals surface area contributed by atoms with Crippen LogP contribution in [0.1, 0.15) is 24.2 Å². The monoisotopic (exact) mass is 339 g/mol. The number of hydrogen-bond acceptors (Lipinski definition) is 4. The van der Waals surface area contributed by atoms with E-state index in [0.717, 1.165) is 10.2 Å². The zero-order valence-corrected chi connectivity index (χ0v) is 14.2. The van der Waals surface area contributed by atoms with E-state index in [4.69, 9.17) is 0 Å². The van der Waals surface area contributed by atoms with Crippen molar-refractivity contribution in [3.8, 4) is 0 Å². The topological polar surface area (TPSA) is 71.1 Å². The summed E-state index contributed by atoms with van der Waals surface area (Å²) in [6, 6.07) is 14.5. The van der Waals surface area contributed by atoms with Crippen LogP contribution in [0.5, 0.6) is 0 Å². The van der Waals surface area contributed by atoms with Gasteiger partial charge in [0.05, 0.1) is 10.2 Å². The first-order chi connectivity index (χ1) is 11.5. The van der Waals surface area contributed by atoms with Crippen LogP contribution < -0.4 is 10.6 Å². The van der Waals surface area contributed by atoms with Crippen molar-refractivity contribution >= 4 is 44.2 Å². The maximum absolute atomic E-state index is 12.2. The second kappa shape index (κ2) is 6.80. The van der Waals surface area contributed by atoms with E-state index >= 15 is 0 Å². The molecule has 1 heterocycles. The first-order valence-corrected chi connectivity index (χ1v) is 8.42. The summed E-state index contributed by atoms with van der Waals surface area (Å²) in [7, 11) is 0. The van der Waals surface area contributed by atoms with E-state index in [9.17, 15) is 9.59 Å². The van der Waals surface area contributed by atoms with Gasteiger partial charge in [-0.15, -0.1) is 0 Å². The number of aromatic nitrogens is 1. The van der Waals surface area contributed by atoms with Crippen molar-refractivity contribution in [1.82, 2.24) is 4.98 Å². The van der Waals surface area contributed by atoms with Crippen LogP contribution >= 0.6 is 11.3 Å². The molecular weight excluding hydrogens is 322 g/mol. The average molecular weight is 339 g/mol. The third-order valence-electron chi connectivity index (χ3n) is 3.44. The number of nitrogens with zero attached hydrogens (tertiary/aromatic N) is 1. The van der Waals surface area contributed by atoms with E-state index in [1.807, 2.05) is 44.2 Å². The highest BCUT2D eigenvalue weighted by molar-refractivity contribution is 7.22. The van der Waals surface area contributed by atoms with Crippen molar-refractivity contribution < 1.29 is 9.59 Å². The molecule has 5 nitrogen and oxygen atoms in total. The minimum Gasteiger partial charge on any atom is -0.322 e. The Bertz CT molecular complexity index is 888. The van der Waals surface area contributed by atoms with Gasteiger partial charge in [-0.25, -0.2) is 4.98 Å². The molecule has 2 N–H and O–H groups in total. The van der Waals surface area contributed by atoms with Gasteiger partial charge < -0.3 is 10.6 Å². The third kappa shape index (κ3) is 3.60. The van der Waals surface area contributed by atoms with E-state index in [2.05, 4.69) is 15.6 Å². The summed E-state index contributed by atoms with van der Waals surface area (Å²) in [5.41, 5.74) is 2.01. The Balaban J connectivity index is 1.78. The van der Waals surface area contributed by atoms with Crippen molar-refractivity contribution in [2.24, 2.45) is 5.92 Å². The highest BCUT2D eigenvalue weighted by Gasteiger charge is 2.12. The lowest BCUT2D eigenvalue weighted by molar-refractivity contribution is -0.118. The fourth-order valence-electron chi connectivity index (χ4n) is 2.10. The number of rotatable bonds is 4. The number of amides is 2. The van der Waals surface area contributed by atoms with Gasteiger partial charge in [-0.1, -0.05) is 43.4 Å². The largest absolute Gasteiger partial charge is 0.322 e. The van der Waals surface area contributed by atoms with Crippen LogP contribution in [0.3, 0.4) is 0 Å². The highest BCUT2D eigenvalue weighted by Crippen LogP contribution is 2.28. The zero-order valence-electron chi connectivity index (χ0n) is 13.4. The first kappa shape index (κ1) is 16.1. The lowest BCUT2D eigenvalue weighted by atomic mass is 10.2. The van der Waals surface area contributed by atoms with Crippen LogP contribution in [0.4, 0.5) is 10.8 Å². The van der Waals surface area contributed by atoms with Crippen molar-refractivity contribution in [2.45, 2.75) is 13.8 Å². The van der Waals surface area contributed by atoms with Gasteiger partial charge in [-0.05, 0) is 30.3 Å². The molecule has 0 aliphatic heterocycles. The van der Waals surface area contributed by atoms with Crippen LogP contribution in [0.15, 0.2) is 48.5 Å². The van der Waals surface area contributed by atoms with Crippen LogP contribution in [-0.2, 0) is 4.79 Å². The molecule has 0 atom stereocenters. The fraction of sp³-hybridized carbons (Fsp3) is 0.167. The van der Waals surface area contributed by atoms with Gasteiger partial charge in [-0.2, -0.15) is 0 Å². The summed E-state index contributed by atoms with van der Waals surface area (Å²) >= 11 is 1.41. The molecule has 1 aromatic heterocycles. The molecule has 0 bridgehead atoms. The number of nitrogens with one attached hydrogen (secondary N) is 2. The summed E-state index contributed by atoms with van der Waals surface area (Å²) in [6.45, 7) is 3.67. The number of anilines is 2. The van der Waals surface area contributed by atoms with Crippen molar-refractivity contribution in [3.05, 3.63) is 54.1 Å². The van der Waals surface area contributed by atoms with Gasteiger partial charge in [0.1, 0.15) is 0 Å². The van der Waals surface area contributed by atoms with Crippen molar-refractivity contribution in [2.75, 3.05) is 10.6 Å². The SMILES string of the molecule is CC(C)C(=O)Nc1nc2cc(NC(=O)c3ccccc3)ccc2s1. The number of carbonyl (C=O) groups is 2. The summed E-state index contributed by atoms with van der Waals surface area (Å²) < 4.78 is 0.951. The average Bonchev–Trinajstić information content (AvgIpc) is 2.97. The van der Waals surface area contributed by atoms with Gasteiger partial charge in [0.15, 0.2) is 5.13 Å². The number of hydrogen-bond donors (Lipinski definition) is 2. The number of fused-ring (bicyclic) bond motifs is 1. The Morgan fingerprint density at radius 1 is 1.04 bits per heavy atom. The van der Waals surface area contributed by atoms with Crippen LogP contribution in [0, 0.1) is 5.92 Å². The maximum atomic E-state index is 12.2. The Morgan fingerprint density at radius 2 is 1.79 bits per heavy atom. The van der Waals surface area contributed by atoms with Crippen molar-refractivity contribution in [3.63, 3.8) is 0 Å². The fourth-order valence-corrected chi connectivity index (χ4v) is 2.95. The van der Waals surface area contributed by atoms with E-state index in [1.54, 1.807) is 18.2 Å². The maximum Gasteiger partial charge on any atom is 0.255 e. The number of benzene rings is 2. The minimum absolute atomic E-state index is 0.0633. The Morgan fingerprint density at radius 3 is 2.50 bits per heavy atom. The van der Waals surface area contributed by atoms with E-state index in [1.165, 1.54) is 11.3 Å². The van der Waals surface area contributed by atoms with Crippen LogP contribution in [-0.4, -0.2) is 16.8 Å². The van der Waals surface area contributed by atoms with Gasteiger partial charge in [-0.3, -0.25) is 9.59 Å². The molecule has 3 aromatic rings. The molecule has 0 aliphatic rings. The number of carbonyl (C=O) groups excluding carboxylic acids is 2. The summed E-state index contributed by atoms with van der Waals surface area (Å²) in [5, 5.41) is 6.22. The molecule has 0 aliphatic carbocycles. The highest BCUT2D eigenvalue weighted by atomic mass is 32.1. The van der Waals surface area contributed by atoms with E-state index in [-0.39, 0.29) is 17.7 Å². The summed E-state index contributed by atoms with van der Waals surface area (Å²) in [5.74, 6) is -0.331. The Hall–Kier alpha value is -2.73. The van der Waals surface area contributed by atoms with Crippen LogP contribution in [0.2, 0.25) is 0 Å². The lowest BCUT2D eigenvalue weighted by Gasteiger charge is -2.04. The van der Waals surface area contributed by atoms with E-state index < -0.39 is 0 Å². The van der Waals surface area contributed by atoms with Crippen LogP contribution in [0.25, 0.3) is 10.2 Å². The molecule has 0 fully saturated rings. The van der Waals surface area contributed by atoms with Gasteiger partial charge in [0, 0.05) is 17.2 Å². The molecule has 3 rings (SSSR count). The van der Waals surface area contributed by atoms with E-state index in [0.29, 0.717) is 16.4 Å². The molecule has 24 heavy (non-hydrogen) atoms. The Labute approximate surface area is 143 Å². The normalized spacial score (nSPS) is 10.8. The predicted molar refractivity (Wildman–Crippen MR) is 97.5 cm³/mol. The second-order valence-electron chi connectivity index (χ2n) is 5.67. The summed E-state index contributed by atoms with van der Waals surface area (Å²) in [6.07, 6.45) is 0. The van der Waals surface area contributed by atoms with Gasteiger partial charge in [0.25, 0.3) is 5.91 Å². The molecule has 0 saturated carbocycles. The summed E-state index contributed by atoms with van der Waals surface area (Å²) in [4.78, 5) is 28.4. The molecular formula is C18H17N3O2S. The zero-order chi connectivity index (χ0) is 17.1. The first-order valence-electron chi connectivity index (χ1n) is 7.61. The molecule has 6 heteroatoms. The lowest BCUT2D eigenvalue weighted by Crippen LogP contribution is -2.17. The molecule has 122 valence electrons. The smallest absolute Gasteiger partial charge is 0.255 e. The standard InChI is InChI=1S/C18H17N3O2S/c1-11(2)16(22)21-18-20-14-10-13(8-9-15(14)24-18)19-17(23)12-6-4-3-5-7-12/h3-11H,1-2H3,(H,19,23)(H,20,21,22). The van der Waals surface area contributed by atoms with Crippen molar-refractivity contribution in [1.29, 1.82) is 0 Å². The predicted octanol–water partition coefficient (Wildman–Crippen LogP) is 4.14. The quantitative estimate of drug-likeness (QED) is 0.750.